The standard InChI is InChI=1S/C28H34N4O/c1-20-10-5-6-12-23(20)24-18-22(32-16-7-8-17-32)13-14-25(24)30-27(33)31-26(28(2,3)4)21-11-9-15-29-19-21/h5-6,9-15,18-19,26H,7-8,16-17H2,1-4H3,(H2,30,31,33). The topological polar surface area (TPSA) is 57.3 Å². The van der Waals surface area contributed by atoms with Crippen molar-refractivity contribution in [2.75, 3.05) is 23.3 Å². The number of amides is 2. The van der Waals surface area contributed by atoms with Crippen LogP contribution in [0.15, 0.2) is 67.0 Å². The van der Waals surface area contributed by atoms with Crippen LogP contribution in [0.4, 0.5) is 16.2 Å². The summed E-state index contributed by atoms with van der Waals surface area (Å²) in [6.45, 7) is 10.6. The van der Waals surface area contributed by atoms with Gasteiger partial charge in [0.25, 0.3) is 0 Å². The minimum Gasteiger partial charge on any atom is -0.372 e. The van der Waals surface area contributed by atoms with Crippen LogP contribution in [-0.4, -0.2) is 24.1 Å². The summed E-state index contributed by atoms with van der Waals surface area (Å²) in [4.78, 5) is 19.9. The number of pyridine rings is 1. The lowest BCUT2D eigenvalue weighted by atomic mass is 9.83. The Hall–Kier alpha value is -3.34. The van der Waals surface area contributed by atoms with E-state index in [4.69, 9.17) is 0 Å². The minimum atomic E-state index is -0.220. The van der Waals surface area contributed by atoms with Crippen LogP contribution in [0, 0.1) is 12.3 Å². The Morgan fingerprint density at radius 2 is 1.76 bits per heavy atom. The Kier molecular flexibility index (Phi) is 6.68. The van der Waals surface area contributed by atoms with E-state index < -0.39 is 0 Å². The van der Waals surface area contributed by atoms with E-state index in [1.807, 2.05) is 36.5 Å². The molecule has 4 rings (SSSR count). The number of carbonyl (C=O) groups is 1. The molecule has 0 radical (unpaired) electrons. The van der Waals surface area contributed by atoms with E-state index >= 15 is 0 Å². The van der Waals surface area contributed by atoms with Gasteiger partial charge >= 0.3 is 6.03 Å². The van der Waals surface area contributed by atoms with Crippen LogP contribution in [0.25, 0.3) is 11.1 Å². The first kappa shape index (κ1) is 22.8. The number of aryl methyl sites for hydroxylation is 1. The van der Waals surface area contributed by atoms with Crippen molar-refractivity contribution in [1.29, 1.82) is 0 Å². The average Bonchev–Trinajstić information content (AvgIpc) is 3.33. The smallest absolute Gasteiger partial charge is 0.319 e. The van der Waals surface area contributed by atoms with Crippen molar-refractivity contribution in [3.05, 3.63) is 78.1 Å². The first-order chi connectivity index (χ1) is 15.8. The van der Waals surface area contributed by atoms with Gasteiger partial charge in [-0.05, 0) is 66.1 Å². The highest BCUT2D eigenvalue weighted by atomic mass is 16.2. The number of benzene rings is 2. The van der Waals surface area contributed by atoms with Gasteiger partial charge < -0.3 is 15.5 Å². The molecule has 1 aliphatic rings. The molecule has 5 heteroatoms. The van der Waals surface area contributed by atoms with Crippen LogP contribution >= 0.6 is 0 Å². The van der Waals surface area contributed by atoms with Crippen molar-refractivity contribution >= 4 is 17.4 Å². The Bertz CT molecular complexity index is 1100. The Morgan fingerprint density at radius 1 is 1.00 bits per heavy atom. The lowest BCUT2D eigenvalue weighted by Gasteiger charge is -2.32. The second-order valence-corrected chi connectivity index (χ2v) is 9.92. The third kappa shape index (κ3) is 5.36. The van der Waals surface area contributed by atoms with Crippen molar-refractivity contribution < 1.29 is 4.79 Å². The van der Waals surface area contributed by atoms with E-state index in [9.17, 15) is 4.79 Å². The first-order valence-corrected chi connectivity index (χ1v) is 11.8. The van der Waals surface area contributed by atoms with Crippen LogP contribution in [0.1, 0.15) is 50.8 Å². The summed E-state index contributed by atoms with van der Waals surface area (Å²) in [6.07, 6.45) is 6.02. The number of urea groups is 1. The minimum absolute atomic E-state index is 0.168. The number of aromatic nitrogens is 1. The van der Waals surface area contributed by atoms with Crippen molar-refractivity contribution in [2.45, 2.75) is 46.6 Å². The highest BCUT2D eigenvalue weighted by molar-refractivity contribution is 5.96. The molecule has 3 aromatic rings. The zero-order valence-corrected chi connectivity index (χ0v) is 20.1. The number of anilines is 2. The fourth-order valence-corrected chi connectivity index (χ4v) is 4.55. The first-order valence-electron chi connectivity index (χ1n) is 11.8. The fourth-order valence-electron chi connectivity index (χ4n) is 4.55. The normalized spacial score (nSPS) is 14.7. The van der Waals surface area contributed by atoms with Crippen LogP contribution < -0.4 is 15.5 Å². The van der Waals surface area contributed by atoms with Crippen LogP contribution in [-0.2, 0) is 0 Å². The third-order valence-electron chi connectivity index (χ3n) is 6.32. The summed E-state index contributed by atoms with van der Waals surface area (Å²) in [6, 6.07) is 18.2. The molecule has 1 atom stereocenters. The molecule has 1 aromatic heterocycles. The van der Waals surface area contributed by atoms with Gasteiger partial charge in [-0.25, -0.2) is 4.79 Å². The third-order valence-corrected chi connectivity index (χ3v) is 6.32. The number of hydrogen-bond donors (Lipinski definition) is 2. The van der Waals surface area contributed by atoms with Crippen molar-refractivity contribution in [3.63, 3.8) is 0 Å². The van der Waals surface area contributed by atoms with Gasteiger partial charge in [0.2, 0.25) is 0 Å². The summed E-state index contributed by atoms with van der Waals surface area (Å²) in [7, 11) is 0. The molecule has 33 heavy (non-hydrogen) atoms. The highest BCUT2D eigenvalue weighted by Gasteiger charge is 2.28. The number of rotatable bonds is 5. The van der Waals surface area contributed by atoms with E-state index in [0.29, 0.717) is 0 Å². The maximum absolute atomic E-state index is 13.2. The molecule has 2 heterocycles. The lowest BCUT2D eigenvalue weighted by molar-refractivity contribution is 0.229. The predicted octanol–water partition coefficient (Wildman–Crippen LogP) is 6.57. The van der Waals surface area contributed by atoms with Crippen LogP contribution in [0.2, 0.25) is 0 Å². The van der Waals surface area contributed by atoms with Gasteiger partial charge in [-0.2, -0.15) is 0 Å². The summed E-state index contributed by atoms with van der Waals surface area (Å²) in [5, 5.41) is 6.32. The predicted molar refractivity (Wildman–Crippen MR) is 137 cm³/mol. The molecule has 0 saturated carbocycles. The van der Waals surface area contributed by atoms with Gasteiger partial charge in [0.05, 0.1) is 11.7 Å². The number of carbonyl (C=O) groups excluding carboxylic acids is 1. The summed E-state index contributed by atoms with van der Waals surface area (Å²) in [5.74, 6) is 0. The molecule has 1 fully saturated rings. The number of nitrogens with one attached hydrogen (secondary N) is 2. The van der Waals surface area contributed by atoms with Crippen molar-refractivity contribution in [1.82, 2.24) is 10.3 Å². The average molecular weight is 443 g/mol. The Labute approximate surface area is 197 Å². The van der Waals surface area contributed by atoms with E-state index in [-0.39, 0.29) is 17.5 Å². The lowest BCUT2D eigenvalue weighted by Crippen LogP contribution is -2.39. The molecule has 0 bridgehead atoms. The Morgan fingerprint density at radius 3 is 2.42 bits per heavy atom. The molecule has 2 N–H and O–H groups in total. The maximum Gasteiger partial charge on any atom is 0.319 e. The molecule has 1 aliphatic heterocycles. The van der Waals surface area contributed by atoms with Crippen molar-refractivity contribution in [2.24, 2.45) is 5.41 Å². The van der Waals surface area contributed by atoms with Gasteiger partial charge in [0.1, 0.15) is 0 Å². The fraction of sp³-hybridized carbons (Fsp3) is 0.357. The molecular weight excluding hydrogens is 408 g/mol. The highest BCUT2D eigenvalue weighted by Crippen LogP contribution is 2.36. The monoisotopic (exact) mass is 442 g/mol. The summed E-state index contributed by atoms with van der Waals surface area (Å²) in [5.41, 5.74) is 6.20. The zero-order valence-electron chi connectivity index (χ0n) is 20.1. The number of nitrogens with zero attached hydrogens (tertiary/aromatic N) is 2. The molecule has 0 spiro atoms. The second-order valence-electron chi connectivity index (χ2n) is 9.92. The molecule has 1 unspecified atom stereocenters. The SMILES string of the molecule is Cc1ccccc1-c1cc(N2CCCC2)ccc1NC(=O)NC(c1cccnc1)C(C)(C)C. The molecule has 2 amide bonds. The van der Waals surface area contributed by atoms with Gasteiger partial charge in [-0.1, -0.05) is 51.1 Å². The van der Waals surface area contributed by atoms with Gasteiger partial charge in [-0.3, -0.25) is 4.98 Å². The summed E-state index contributed by atoms with van der Waals surface area (Å²) < 4.78 is 0. The van der Waals surface area contributed by atoms with E-state index in [1.54, 1.807) is 6.20 Å². The van der Waals surface area contributed by atoms with Gasteiger partial charge in [-0.15, -0.1) is 0 Å². The van der Waals surface area contributed by atoms with E-state index in [0.717, 1.165) is 35.5 Å². The summed E-state index contributed by atoms with van der Waals surface area (Å²) >= 11 is 0. The van der Waals surface area contributed by atoms with E-state index in [2.05, 4.69) is 72.5 Å². The zero-order chi connectivity index (χ0) is 23.4. The molecular formula is C28H34N4O. The molecule has 172 valence electrons. The van der Waals surface area contributed by atoms with E-state index in [1.165, 1.54) is 24.1 Å². The number of hydrogen-bond acceptors (Lipinski definition) is 3. The van der Waals surface area contributed by atoms with Gasteiger partial charge in [0.15, 0.2) is 0 Å². The van der Waals surface area contributed by atoms with Crippen LogP contribution in [0.5, 0.6) is 0 Å². The Balaban J connectivity index is 1.64. The molecule has 5 nitrogen and oxygen atoms in total. The molecule has 1 saturated heterocycles. The largest absolute Gasteiger partial charge is 0.372 e. The molecule has 2 aromatic carbocycles. The quantitative estimate of drug-likeness (QED) is 0.470. The molecule has 0 aliphatic carbocycles. The van der Waals surface area contributed by atoms with Gasteiger partial charge in [0, 0.05) is 36.7 Å². The second kappa shape index (κ2) is 9.65. The van der Waals surface area contributed by atoms with Crippen LogP contribution in [0.3, 0.4) is 0 Å². The van der Waals surface area contributed by atoms with Crippen molar-refractivity contribution in [3.8, 4) is 11.1 Å². The maximum atomic E-state index is 13.2.